The Hall–Kier alpha value is -2.29. The van der Waals surface area contributed by atoms with Crippen LogP contribution in [0, 0.1) is 6.92 Å². The largest absolute Gasteiger partial charge is 0.462 e. The molecule has 0 atom stereocenters. The first-order valence-electron chi connectivity index (χ1n) is 6.25. The number of carbonyl (C=O) groups excluding carboxylic acids is 1. The number of ether oxygens (including phenoxy) is 1. The number of anilines is 1. The molecule has 0 amide bonds. The van der Waals surface area contributed by atoms with Gasteiger partial charge in [0.05, 0.1) is 12.2 Å². The van der Waals surface area contributed by atoms with Gasteiger partial charge in [-0.3, -0.25) is 0 Å². The van der Waals surface area contributed by atoms with Gasteiger partial charge in [0.15, 0.2) is 0 Å². The summed E-state index contributed by atoms with van der Waals surface area (Å²) in [4.78, 5) is 11.7. The third kappa shape index (κ3) is 2.94. The molecule has 0 unspecified atom stereocenters. The van der Waals surface area contributed by atoms with Crippen LogP contribution >= 0.6 is 0 Å². The van der Waals surface area contributed by atoms with Gasteiger partial charge in [0.1, 0.15) is 0 Å². The highest BCUT2D eigenvalue weighted by Gasteiger charge is 2.10. The third-order valence-electron chi connectivity index (χ3n) is 2.89. The maximum Gasteiger partial charge on any atom is 0.338 e. The fourth-order valence-corrected chi connectivity index (χ4v) is 1.96. The smallest absolute Gasteiger partial charge is 0.338 e. The van der Waals surface area contributed by atoms with E-state index >= 15 is 0 Å². The molecular formula is C16H17NO2. The van der Waals surface area contributed by atoms with E-state index in [0.29, 0.717) is 17.9 Å². The van der Waals surface area contributed by atoms with E-state index in [1.54, 1.807) is 25.1 Å². The number of esters is 1. The lowest BCUT2D eigenvalue weighted by atomic mass is 9.99. The molecule has 0 spiro atoms. The summed E-state index contributed by atoms with van der Waals surface area (Å²) in [5, 5.41) is 0. The first-order chi connectivity index (χ1) is 9.11. The molecule has 2 aromatic rings. The van der Waals surface area contributed by atoms with Crippen LogP contribution in [-0.4, -0.2) is 12.6 Å². The van der Waals surface area contributed by atoms with Crippen molar-refractivity contribution >= 4 is 11.7 Å². The average Bonchev–Trinajstić information content (AvgIpc) is 2.39. The minimum absolute atomic E-state index is 0.323. The molecular weight excluding hydrogens is 238 g/mol. The first-order valence-corrected chi connectivity index (χ1v) is 6.25. The molecule has 2 aromatic carbocycles. The van der Waals surface area contributed by atoms with Crippen LogP contribution < -0.4 is 5.73 Å². The SMILES string of the molecule is CCOC(=O)c1ccc(N)c(-c2cccc(C)c2)c1. The lowest BCUT2D eigenvalue weighted by Crippen LogP contribution is -2.05. The van der Waals surface area contributed by atoms with Crippen molar-refractivity contribution in [1.29, 1.82) is 0 Å². The summed E-state index contributed by atoms with van der Waals surface area (Å²) in [5.74, 6) is -0.323. The van der Waals surface area contributed by atoms with Crippen molar-refractivity contribution < 1.29 is 9.53 Å². The van der Waals surface area contributed by atoms with Gasteiger partial charge in [-0.15, -0.1) is 0 Å². The third-order valence-corrected chi connectivity index (χ3v) is 2.89. The lowest BCUT2D eigenvalue weighted by molar-refractivity contribution is 0.0526. The predicted octanol–water partition coefficient (Wildman–Crippen LogP) is 3.42. The minimum atomic E-state index is -0.323. The molecule has 0 aromatic heterocycles. The monoisotopic (exact) mass is 255 g/mol. The zero-order chi connectivity index (χ0) is 13.8. The molecule has 0 aliphatic carbocycles. The van der Waals surface area contributed by atoms with Gasteiger partial charge in [-0.1, -0.05) is 29.8 Å². The van der Waals surface area contributed by atoms with Crippen molar-refractivity contribution in [2.24, 2.45) is 0 Å². The standard InChI is InChI=1S/C16H17NO2/c1-3-19-16(18)13-7-8-15(17)14(10-13)12-6-4-5-11(2)9-12/h4-10H,3,17H2,1-2H3. The van der Waals surface area contributed by atoms with E-state index in [1.807, 2.05) is 31.2 Å². The van der Waals surface area contributed by atoms with E-state index in [9.17, 15) is 4.79 Å². The Morgan fingerprint density at radius 2 is 2.00 bits per heavy atom. The Labute approximate surface area is 113 Å². The Morgan fingerprint density at radius 1 is 1.21 bits per heavy atom. The summed E-state index contributed by atoms with van der Waals surface area (Å²) in [6.45, 7) is 4.18. The van der Waals surface area contributed by atoms with Gasteiger partial charge in [0.25, 0.3) is 0 Å². The van der Waals surface area contributed by atoms with Crippen molar-refractivity contribution in [2.75, 3.05) is 12.3 Å². The summed E-state index contributed by atoms with van der Waals surface area (Å²) in [6, 6.07) is 13.2. The Bertz CT molecular complexity index is 605. The van der Waals surface area contributed by atoms with E-state index in [-0.39, 0.29) is 5.97 Å². The highest BCUT2D eigenvalue weighted by atomic mass is 16.5. The van der Waals surface area contributed by atoms with Gasteiger partial charge in [-0.25, -0.2) is 4.79 Å². The van der Waals surface area contributed by atoms with E-state index in [4.69, 9.17) is 10.5 Å². The molecule has 2 rings (SSSR count). The van der Waals surface area contributed by atoms with Crippen LogP contribution in [0.15, 0.2) is 42.5 Å². The number of carbonyl (C=O) groups is 1. The highest BCUT2D eigenvalue weighted by molar-refractivity contribution is 5.93. The number of nitrogens with two attached hydrogens (primary N) is 1. The second kappa shape index (κ2) is 5.57. The van der Waals surface area contributed by atoms with Gasteiger partial charge in [0, 0.05) is 11.3 Å². The number of hydrogen-bond donors (Lipinski definition) is 1. The van der Waals surface area contributed by atoms with E-state index in [0.717, 1.165) is 16.7 Å². The van der Waals surface area contributed by atoms with Gasteiger partial charge >= 0.3 is 5.97 Å². The molecule has 0 aliphatic heterocycles. The molecule has 2 N–H and O–H groups in total. The maximum absolute atomic E-state index is 11.7. The molecule has 19 heavy (non-hydrogen) atoms. The summed E-state index contributed by atoms with van der Waals surface area (Å²) < 4.78 is 5.00. The summed E-state index contributed by atoms with van der Waals surface area (Å²) >= 11 is 0. The molecule has 0 radical (unpaired) electrons. The number of hydrogen-bond acceptors (Lipinski definition) is 3. The topological polar surface area (TPSA) is 52.3 Å². The molecule has 0 saturated carbocycles. The molecule has 98 valence electrons. The van der Waals surface area contributed by atoms with Gasteiger partial charge in [0.2, 0.25) is 0 Å². The van der Waals surface area contributed by atoms with Gasteiger partial charge < -0.3 is 10.5 Å². The van der Waals surface area contributed by atoms with Crippen molar-refractivity contribution in [3.8, 4) is 11.1 Å². The fraction of sp³-hybridized carbons (Fsp3) is 0.188. The fourth-order valence-electron chi connectivity index (χ4n) is 1.96. The van der Waals surface area contributed by atoms with E-state index in [1.165, 1.54) is 0 Å². The second-order valence-electron chi connectivity index (χ2n) is 4.39. The van der Waals surface area contributed by atoms with E-state index in [2.05, 4.69) is 0 Å². The second-order valence-corrected chi connectivity index (χ2v) is 4.39. The van der Waals surface area contributed by atoms with E-state index < -0.39 is 0 Å². The zero-order valence-corrected chi connectivity index (χ0v) is 11.1. The van der Waals surface area contributed by atoms with Gasteiger partial charge in [-0.2, -0.15) is 0 Å². The van der Waals surface area contributed by atoms with Crippen LogP contribution in [-0.2, 0) is 4.74 Å². The maximum atomic E-state index is 11.7. The van der Waals surface area contributed by atoms with Crippen LogP contribution in [0.4, 0.5) is 5.69 Å². The molecule has 0 fully saturated rings. The number of benzene rings is 2. The number of aryl methyl sites for hydroxylation is 1. The summed E-state index contributed by atoms with van der Waals surface area (Å²) in [5.41, 5.74) is 10.2. The van der Waals surface area contributed by atoms with Crippen LogP contribution in [0.2, 0.25) is 0 Å². The normalized spacial score (nSPS) is 10.2. The first kappa shape index (κ1) is 13.1. The molecule has 3 nitrogen and oxygen atoms in total. The summed E-state index contributed by atoms with van der Waals surface area (Å²) in [7, 11) is 0. The molecule has 0 bridgehead atoms. The molecule has 0 aliphatic rings. The summed E-state index contributed by atoms with van der Waals surface area (Å²) in [6.07, 6.45) is 0. The van der Waals surface area contributed by atoms with Crippen LogP contribution in [0.1, 0.15) is 22.8 Å². The quantitative estimate of drug-likeness (QED) is 0.675. The Morgan fingerprint density at radius 3 is 2.68 bits per heavy atom. The zero-order valence-electron chi connectivity index (χ0n) is 11.1. The lowest BCUT2D eigenvalue weighted by Gasteiger charge is -2.09. The number of rotatable bonds is 3. The minimum Gasteiger partial charge on any atom is -0.462 e. The molecule has 0 heterocycles. The predicted molar refractivity (Wildman–Crippen MR) is 77.0 cm³/mol. The van der Waals surface area contributed by atoms with Crippen LogP contribution in [0.3, 0.4) is 0 Å². The number of nitrogen functional groups attached to an aromatic ring is 1. The van der Waals surface area contributed by atoms with Crippen molar-refractivity contribution in [1.82, 2.24) is 0 Å². The van der Waals surface area contributed by atoms with Crippen LogP contribution in [0.25, 0.3) is 11.1 Å². The van der Waals surface area contributed by atoms with Crippen LogP contribution in [0.5, 0.6) is 0 Å². The molecule has 3 heteroatoms. The average molecular weight is 255 g/mol. The Balaban J connectivity index is 2.45. The van der Waals surface area contributed by atoms with Crippen molar-refractivity contribution in [2.45, 2.75) is 13.8 Å². The van der Waals surface area contributed by atoms with Crippen molar-refractivity contribution in [3.05, 3.63) is 53.6 Å². The molecule has 0 saturated heterocycles. The van der Waals surface area contributed by atoms with Gasteiger partial charge in [-0.05, 0) is 37.6 Å². The Kier molecular flexibility index (Phi) is 3.85. The highest BCUT2D eigenvalue weighted by Crippen LogP contribution is 2.27. The van der Waals surface area contributed by atoms with Crippen molar-refractivity contribution in [3.63, 3.8) is 0 Å².